The van der Waals surface area contributed by atoms with E-state index < -0.39 is 80.4 Å². The number of nitrogens with zero attached hydrogens (tertiary/aromatic N) is 2. The van der Waals surface area contributed by atoms with Gasteiger partial charge in [-0.05, 0) is 82.6 Å². The third kappa shape index (κ3) is 8.48. The van der Waals surface area contributed by atoms with Gasteiger partial charge < -0.3 is 29.7 Å². The molecule has 0 radical (unpaired) electrons. The average Bonchev–Trinajstić information content (AvgIpc) is 3.96. The Balaban J connectivity index is 1.24. The van der Waals surface area contributed by atoms with Crippen LogP contribution >= 0.6 is 0 Å². The smallest absolute Gasteiger partial charge is 0.410 e. The summed E-state index contributed by atoms with van der Waals surface area (Å²) in [7, 11) is -2.34. The lowest BCUT2D eigenvalue weighted by Crippen LogP contribution is -2.58. The van der Waals surface area contributed by atoms with Gasteiger partial charge >= 0.3 is 12.2 Å². The molecular formula is C36H49N5O10S. The van der Waals surface area contributed by atoms with Gasteiger partial charge in [0.15, 0.2) is 0 Å². The Morgan fingerprint density at radius 1 is 1.02 bits per heavy atom. The van der Waals surface area contributed by atoms with E-state index in [4.69, 9.17) is 14.2 Å². The maximum atomic E-state index is 14.3. The van der Waals surface area contributed by atoms with Gasteiger partial charge in [-0.15, -0.1) is 0 Å². The van der Waals surface area contributed by atoms with E-state index in [1.165, 1.54) is 9.80 Å². The second-order valence-electron chi connectivity index (χ2n) is 15.5. The molecule has 5 aliphatic rings. The Hall–Kier alpha value is -4.34. The average molecular weight is 744 g/mol. The number of benzene rings is 1. The fourth-order valence-electron chi connectivity index (χ4n) is 7.14. The molecule has 0 unspecified atom stereocenters. The van der Waals surface area contributed by atoms with Crippen molar-refractivity contribution in [3.8, 4) is 5.75 Å². The Bertz CT molecular complexity index is 1740. The summed E-state index contributed by atoms with van der Waals surface area (Å²) in [6, 6.07) is 3.33. The van der Waals surface area contributed by atoms with Crippen molar-refractivity contribution in [2.24, 2.45) is 5.92 Å². The second-order valence-corrected chi connectivity index (χ2v) is 17.4. The number of carbonyl (C=O) groups excluding carboxylic acids is 5. The lowest BCUT2D eigenvalue weighted by Gasteiger charge is -2.30. The quantitative estimate of drug-likeness (QED) is 0.366. The van der Waals surface area contributed by atoms with Crippen molar-refractivity contribution < 1.29 is 46.6 Å². The Kier molecular flexibility index (Phi) is 10.5. The minimum Gasteiger partial charge on any atom is -0.497 e. The molecule has 3 heterocycles. The van der Waals surface area contributed by atoms with E-state index >= 15 is 0 Å². The number of alkyl carbamates (subject to hydrolysis) is 1. The summed E-state index contributed by atoms with van der Waals surface area (Å²) in [5, 5.41) is 4.87. The number of amides is 5. The maximum Gasteiger partial charge on any atom is 0.410 e. The standard InChI is InChI=1S/C36H49N5O10S/c1-35(2,3)51-33(45)37-28-11-9-7-5-6-8-10-24-18-36(24,32(44)39-52(47,48)27-14-15-27)38-30(42)29-17-26(21-41(29)31(28)43)50-34(46)40-19-22-12-13-25(49-4)16-23(22)20-40/h8,10,12-13,16,24,26-29H,5-7,9,11,14-15,17-21H2,1-4H3,(H,37,45)(H,38,42)(H,39,44)/t24-,26-,28-,29+,36-/m1/s1. The number of allylic oxidation sites excluding steroid dienone is 1. The van der Waals surface area contributed by atoms with Crippen molar-refractivity contribution in [3.63, 3.8) is 0 Å². The molecule has 1 aromatic rings. The summed E-state index contributed by atoms with van der Waals surface area (Å²) < 4.78 is 44.4. The predicted molar refractivity (Wildman–Crippen MR) is 187 cm³/mol. The van der Waals surface area contributed by atoms with Crippen LogP contribution in [0.1, 0.15) is 89.7 Å². The molecule has 0 spiro atoms. The minimum atomic E-state index is -3.90. The first kappa shape index (κ1) is 37.4. The zero-order valence-electron chi connectivity index (χ0n) is 30.1. The van der Waals surface area contributed by atoms with E-state index in [0.29, 0.717) is 44.5 Å². The highest BCUT2D eigenvalue weighted by atomic mass is 32.2. The van der Waals surface area contributed by atoms with Crippen LogP contribution < -0.4 is 20.1 Å². The second kappa shape index (κ2) is 14.6. The molecule has 1 aromatic carbocycles. The van der Waals surface area contributed by atoms with Gasteiger partial charge in [0.05, 0.1) is 18.9 Å². The first-order valence-corrected chi connectivity index (χ1v) is 19.6. The van der Waals surface area contributed by atoms with E-state index in [0.717, 1.165) is 24.0 Å². The number of sulfonamides is 1. The van der Waals surface area contributed by atoms with E-state index in [1.54, 1.807) is 27.9 Å². The molecule has 0 bridgehead atoms. The molecule has 6 rings (SSSR count). The lowest BCUT2D eigenvalue weighted by molar-refractivity contribution is -0.141. The fraction of sp³-hybridized carbons (Fsp3) is 0.639. The molecule has 3 N–H and O–H groups in total. The number of rotatable bonds is 6. The summed E-state index contributed by atoms with van der Waals surface area (Å²) >= 11 is 0. The molecular weight excluding hydrogens is 694 g/mol. The molecule has 5 amide bonds. The van der Waals surface area contributed by atoms with Crippen LogP contribution in [0.25, 0.3) is 0 Å². The SMILES string of the molecule is COc1ccc2c(c1)CN(C(=O)O[C@@H]1C[C@H]3C(=O)N[C@]4(C(=O)NS(=O)(=O)C5CC5)C[C@H]4C=CCCCCC[C@@H](NC(=O)OC(C)(C)C)C(=O)N3C1)C2. The molecule has 5 atom stereocenters. The van der Waals surface area contributed by atoms with Crippen molar-refractivity contribution in [1.29, 1.82) is 0 Å². The Morgan fingerprint density at radius 2 is 1.77 bits per heavy atom. The molecule has 284 valence electrons. The van der Waals surface area contributed by atoms with Crippen molar-refractivity contribution in [2.75, 3.05) is 13.7 Å². The lowest BCUT2D eigenvalue weighted by atomic mass is 10.0. The third-order valence-corrected chi connectivity index (χ3v) is 12.0. The number of carbonyl (C=O) groups is 5. The van der Waals surface area contributed by atoms with Gasteiger partial charge in [-0.3, -0.25) is 24.0 Å². The molecule has 1 saturated heterocycles. The molecule has 3 aliphatic heterocycles. The van der Waals surface area contributed by atoms with Crippen LogP contribution in [0.3, 0.4) is 0 Å². The van der Waals surface area contributed by atoms with Gasteiger partial charge in [0, 0.05) is 25.4 Å². The van der Waals surface area contributed by atoms with Crippen molar-refractivity contribution >= 4 is 39.9 Å². The topological polar surface area (TPSA) is 190 Å². The van der Waals surface area contributed by atoms with E-state index in [2.05, 4.69) is 15.4 Å². The normalized spacial score (nSPS) is 27.9. The molecule has 2 saturated carbocycles. The van der Waals surface area contributed by atoms with Gasteiger partial charge in [0.2, 0.25) is 21.8 Å². The highest BCUT2D eigenvalue weighted by Gasteiger charge is 2.62. The Morgan fingerprint density at radius 3 is 2.48 bits per heavy atom. The van der Waals surface area contributed by atoms with Crippen LogP contribution in [0.5, 0.6) is 5.75 Å². The van der Waals surface area contributed by atoms with Crippen molar-refractivity contribution in [2.45, 2.75) is 126 Å². The summed E-state index contributed by atoms with van der Waals surface area (Å²) in [5.74, 6) is -1.85. The monoisotopic (exact) mass is 743 g/mol. The molecule has 52 heavy (non-hydrogen) atoms. The van der Waals surface area contributed by atoms with Crippen molar-refractivity contribution in [3.05, 3.63) is 41.5 Å². The van der Waals surface area contributed by atoms with Gasteiger partial charge in [0.1, 0.15) is 35.1 Å². The molecule has 0 aromatic heterocycles. The van der Waals surface area contributed by atoms with Crippen LogP contribution in [-0.4, -0.2) is 96.4 Å². The van der Waals surface area contributed by atoms with Crippen LogP contribution in [0, 0.1) is 5.92 Å². The minimum absolute atomic E-state index is 0.0738. The van der Waals surface area contributed by atoms with Gasteiger partial charge in [-0.1, -0.05) is 31.1 Å². The van der Waals surface area contributed by atoms with Gasteiger partial charge in [-0.2, -0.15) is 0 Å². The predicted octanol–water partition coefficient (Wildman–Crippen LogP) is 3.01. The number of ether oxygens (including phenoxy) is 3. The Labute approximate surface area is 304 Å². The van der Waals surface area contributed by atoms with Crippen LogP contribution in [0.15, 0.2) is 30.4 Å². The summed E-state index contributed by atoms with van der Waals surface area (Å²) in [5.41, 5.74) is -0.489. The third-order valence-electron chi connectivity index (χ3n) is 10.2. The van der Waals surface area contributed by atoms with Gasteiger partial charge in [0.25, 0.3) is 5.91 Å². The van der Waals surface area contributed by atoms with E-state index in [9.17, 15) is 32.4 Å². The van der Waals surface area contributed by atoms with Crippen LogP contribution in [-0.2, 0) is 47.0 Å². The number of methoxy groups -OCH3 is 1. The summed E-state index contributed by atoms with van der Waals surface area (Å²) in [6.07, 6.45) is 5.56. The number of fused-ring (bicyclic) bond motifs is 3. The number of hydrogen-bond acceptors (Lipinski definition) is 10. The highest BCUT2D eigenvalue weighted by molar-refractivity contribution is 7.91. The molecule has 16 heteroatoms. The summed E-state index contributed by atoms with van der Waals surface area (Å²) in [4.78, 5) is 71.3. The number of hydrogen-bond donors (Lipinski definition) is 3. The first-order chi connectivity index (χ1) is 24.6. The first-order valence-electron chi connectivity index (χ1n) is 18.0. The van der Waals surface area contributed by atoms with Crippen molar-refractivity contribution in [1.82, 2.24) is 25.2 Å². The molecule has 3 fully saturated rings. The van der Waals surface area contributed by atoms with E-state index in [1.807, 2.05) is 30.4 Å². The van der Waals surface area contributed by atoms with E-state index in [-0.39, 0.29) is 25.8 Å². The largest absolute Gasteiger partial charge is 0.497 e. The van der Waals surface area contributed by atoms with Gasteiger partial charge in [-0.25, -0.2) is 18.0 Å². The number of nitrogens with one attached hydrogen (secondary N) is 3. The summed E-state index contributed by atoms with van der Waals surface area (Å²) in [6.45, 7) is 5.60. The highest BCUT2D eigenvalue weighted by Crippen LogP contribution is 2.46. The zero-order chi connectivity index (χ0) is 37.4. The molecule has 15 nitrogen and oxygen atoms in total. The molecule has 2 aliphatic carbocycles. The van der Waals surface area contributed by atoms with Crippen LogP contribution in [0.2, 0.25) is 0 Å². The van der Waals surface area contributed by atoms with Crippen LogP contribution in [0.4, 0.5) is 9.59 Å². The zero-order valence-corrected chi connectivity index (χ0v) is 31.0. The maximum absolute atomic E-state index is 14.3. The fourth-order valence-corrected chi connectivity index (χ4v) is 8.51.